The van der Waals surface area contributed by atoms with Crippen LogP contribution in [0.3, 0.4) is 0 Å². The Balaban J connectivity index is 1.86. The maximum absolute atomic E-state index is 12.0. The Labute approximate surface area is 153 Å². The third kappa shape index (κ3) is 5.38. The number of non-ortho nitro benzene ring substituents is 1. The van der Waals surface area contributed by atoms with Crippen LogP contribution in [-0.2, 0) is 0 Å². The summed E-state index contributed by atoms with van der Waals surface area (Å²) < 4.78 is 5.38. The number of rotatable bonds is 5. The van der Waals surface area contributed by atoms with Gasteiger partial charge in [-0.05, 0) is 18.2 Å². The van der Waals surface area contributed by atoms with E-state index in [0.29, 0.717) is 10.8 Å². The maximum Gasteiger partial charge on any atom is 0.270 e. The van der Waals surface area contributed by atoms with Crippen LogP contribution >= 0.6 is 23.2 Å². The van der Waals surface area contributed by atoms with Crippen molar-refractivity contribution in [2.75, 3.05) is 13.2 Å². The average molecular weight is 379 g/mol. The van der Waals surface area contributed by atoms with Crippen LogP contribution in [0.15, 0.2) is 42.5 Å². The summed E-state index contributed by atoms with van der Waals surface area (Å²) in [5, 5.41) is 13.9. The number of nitro benzene ring substituents is 1. The van der Waals surface area contributed by atoms with E-state index in [1.165, 1.54) is 12.1 Å². The van der Waals surface area contributed by atoms with Gasteiger partial charge < -0.3 is 10.1 Å². The molecule has 0 aliphatic rings. The average Bonchev–Trinajstić information content (AvgIpc) is 2.59. The highest BCUT2D eigenvalue weighted by Gasteiger charge is 2.15. The molecule has 0 spiro atoms. The summed E-state index contributed by atoms with van der Waals surface area (Å²) in [4.78, 5) is 22.2. The molecule has 8 heteroatoms. The van der Waals surface area contributed by atoms with E-state index in [-0.39, 0.29) is 29.4 Å². The van der Waals surface area contributed by atoms with Crippen molar-refractivity contribution in [1.82, 2.24) is 5.32 Å². The first kappa shape index (κ1) is 18.6. The van der Waals surface area contributed by atoms with Crippen LogP contribution in [0.25, 0.3) is 0 Å². The molecule has 0 unspecified atom stereocenters. The number of hydrogen-bond acceptors (Lipinski definition) is 4. The van der Waals surface area contributed by atoms with E-state index < -0.39 is 10.8 Å². The van der Waals surface area contributed by atoms with Gasteiger partial charge >= 0.3 is 0 Å². The number of hydrogen-bond donors (Lipinski definition) is 1. The molecular formula is C17H12Cl2N2O4. The number of nitrogens with zero attached hydrogens (tertiary/aromatic N) is 1. The Morgan fingerprint density at radius 2 is 1.92 bits per heavy atom. The monoisotopic (exact) mass is 378 g/mol. The van der Waals surface area contributed by atoms with Crippen molar-refractivity contribution in [2.24, 2.45) is 0 Å². The van der Waals surface area contributed by atoms with Crippen LogP contribution in [0, 0.1) is 22.0 Å². The number of amides is 1. The Morgan fingerprint density at radius 1 is 1.16 bits per heavy atom. The smallest absolute Gasteiger partial charge is 0.270 e. The second-order valence-corrected chi connectivity index (χ2v) is 5.49. The van der Waals surface area contributed by atoms with Gasteiger partial charge in [0, 0.05) is 12.1 Å². The van der Waals surface area contributed by atoms with Crippen LogP contribution in [0.5, 0.6) is 5.75 Å². The molecule has 128 valence electrons. The third-order valence-corrected chi connectivity index (χ3v) is 3.65. The SMILES string of the molecule is O=C(NCC#CCOc1ccccc1Cl)c1cc([N+](=O)[O-])ccc1Cl. The highest BCUT2D eigenvalue weighted by atomic mass is 35.5. The molecule has 1 amide bonds. The van der Waals surface area contributed by atoms with Crippen LogP contribution in [0.4, 0.5) is 5.69 Å². The largest absolute Gasteiger partial charge is 0.479 e. The summed E-state index contributed by atoms with van der Waals surface area (Å²) in [5.74, 6) is 5.40. The number of nitro groups is 1. The van der Waals surface area contributed by atoms with E-state index in [0.717, 1.165) is 6.07 Å². The van der Waals surface area contributed by atoms with Gasteiger partial charge in [0.1, 0.15) is 12.4 Å². The van der Waals surface area contributed by atoms with E-state index in [2.05, 4.69) is 17.2 Å². The summed E-state index contributed by atoms with van der Waals surface area (Å²) in [7, 11) is 0. The Morgan fingerprint density at radius 3 is 2.64 bits per heavy atom. The van der Waals surface area contributed by atoms with Gasteiger partial charge in [-0.2, -0.15) is 0 Å². The molecule has 0 atom stereocenters. The molecule has 0 radical (unpaired) electrons. The zero-order valence-corrected chi connectivity index (χ0v) is 14.3. The van der Waals surface area contributed by atoms with Gasteiger partial charge in [0.25, 0.3) is 11.6 Å². The molecule has 0 aliphatic heterocycles. The van der Waals surface area contributed by atoms with Gasteiger partial charge in [-0.1, -0.05) is 47.2 Å². The Hall–Kier alpha value is -2.75. The fourth-order valence-corrected chi connectivity index (χ4v) is 2.20. The lowest BCUT2D eigenvalue weighted by atomic mass is 10.2. The molecule has 0 fully saturated rings. The fraction of sp³-hybridized carbons (Fsp3) is 0.118. The van der Waals surface area contributed by atoms with Crippen molar-refractivity contribution in [2.45, 2.75) is 0 Å². The van der Waals surface area contributed by atoms with E-state index in [9.17, 15) is 14.9 Å². The zero-order chi connectivity index (χ0) is 18.2. The standard InChI is InChI=1S/C17H12Cl2N2O4/c18-14-8-7-12(21(23)24)11-13(14)17(22)20-9-3-4-10-25-16-6-2-1-5-15(16)19/h1-2,5-8,11H,9-10H2,(H,20,22). The molecule has 0 heterocycles. The van der Waals surface area contributed by atoms with E-state index >= 15 is 0 Å². The zero-order valence-electron chi connectivity index (χ0n) is 12.8. The van der Waals surface area contributed by atoms with Crippen LogP contribution in [0.2, 0.25) is 10.0 Å². The molecule has 25 heavy (non-hydrogen) atoms. The van der Waals surface area contributed by atoms with Gasteiger partial charge in [0.15, 0.2) is 0 Å². The van der Waals surface area contributed by atoms with Crippen molar-refractivity contribution in [3.05, 3.63) is 68.2 Å². The Kier molecular flexibility index (Phi) is 6.63. The molecule has 0 saturated carbocycles. The quantitative estimate of drug-likeness (QED) is 0.488. The summed E-state index contributed by atoms with van der Waals surface area (Å²) in [5.41, 5.74) is -0.196. The van der Waals surface area contributed by atoms with Crippen LogP contribution in [-0.4, -0.2) is 24.0 Å². The number of para-hydroxylation sites is 1. The fourth-order valence-electron chi connectivity index (χ4n) is 1.81. The lowest BCUT2D eigenvalue weighted by Crippen LogP contribution is -2.24. The lowest BCUT2D eigenvalue weighted by Gasteiger charge is -2.04. The van der Waals surface area contributed by atoms with Crippen molar-refractivity contribution >= 4 is 34.8 Å². The maximum atomic E-state index is 12.0. The minimum absolute atomic E-state index is 0.0185. The molecule has 0 saturated heterocycles. The minimum atomic E-state index is -0.598. The topological polar surface area (TPSA) is 81.5 Å². The highest BCUT2D eigenvalue weighted by Crippen LogP contribution is 2.23. The summed E-state index contributed by atoms with van der Waals surface area (Å²) in [6, 6.07) is 10.6. The highest BCUT2D eigenvalue weighted by molar-refractivity contribution is 6.34. The van der Waals surface area contributed by atoms with E-state index in [1.807, 2.05) is 0 Å². The summed E-state index contributed by atoms with van der Waals surface area (Å²) in [6.45, 7) is 0.154. The van der Waals surface area contributed by atoms with Crippen molar-refractivity contribution in [3.8, 4) is 17.6 Å². The number of benzene rings is 2. The lowest BCUT2D eigenvalue weighted by molar-refractivity contribution is -0.384. The van der Waals surface area contributed by atoms with E-state index in [1.54, 1.807) is 24.3 Å². The van der Waals surface area contributed by atoms with Gasteiger partial charge in [-0.25, -0.2) is 0 Å². The summed E-state index contributed by atoms with van der Waals surface area (Å²) in [6.07, 6.45) is 0. The molecule has 0 aliphatic carbocycles. The predicted octanol–water partition coefficient (Wildman–Crippen LogP) is 3.71. The molecule has 0 bridgehead atoms. The van der Waals surface area contributed by atoms with Crippen molar-refractivity contribution < 1.29 is 14.5 Å². The van der Waals surface area contributed by atoms with Gasteiger partial charge in [0.2, 0.25) is 0 Å². The van der Waals surface area contributed by atoms with Crippen LogP contribution in [0.1, 0.15) is 10.4 Å². The van der Waals surface area contributed by atoms with Crippen LogP contribution < -0.4 is 10.1 Å². The first-order valence-electron chi connectivity index (χ1n) is 7.04. The molecule has 2 aromatic carbocycles. The second kappa shape index (κ2) is 8.92. The van der Waals surface area contributed by atoms with E-state index in [4.69, 9.17) is 27.9 Å². The number of nitrogens with one attached hydrogen (secondary N) is 1. The van der Waals surface area contributed by atoms with Crippen molar-refractivity contribution in [1.29, 1.82) is 0 Å². The molecule has 2 aromatic rings. The molecule has 1 N–H and O–H groups in total. The Bertz CT molecular complexity index is 859. The first-order valence-corrected chi connectivity index (χ1v) is 7.80. The molecular weight excluding hydrogens is 367 g/mol. The number of carbonyl (C=O) groups excluding carboxylic acids is 1. The summed E-state index contributed by atoms with van der Waals surface area (Å²) >= 11 is 11.8. The minimum Gasteiger partial charge on any atom is -0.479 e. The van der Waals surface area contributed by atoms with Gasteiger partial charge in [-0.15, -0.1) is 0 Å². The van der Waals surface area contributed by atoms with Gasteiger partial charge in [-0.3, -0.25) is 14.9 Å². The normalized spacial score (nSPS) is 9.68. The molecule has 2 rings (SSSR count). The van der Waals surface area contributed by atoms with Gasteiger partial charge in [0.05, 0.1) is 27.1 Å². The molecule has 0 aromatic heterocycles. The second-order valence-electron chi connectivity index (χ2n) is 4.68. The predicted molar refractivity (Wildman–Crippen MR) is 95.2 cm³/mol. The first-order chi connectivity index (χ1) is 12.0. The van der Waals surface area contributed by atoms with Crippen molar-refractivity contribution in [3.63, 3.8) is 0 Å². The number of carbonyl (C=O) groups is 1. The third-order valence-electron chi connectivity index (χ3n) is 3.00. The number of halogens is 2. The molecule has 6 nitrogen and oxygen atoms in total. The number of ether oxygens (including phenoxy) is 1.